The molecule has 3 heterocycles. The molecule has 0 aliphatic rings. The second-order valence-corrected chi connectivity index (χ2v) is 5.14. The number of nitrogens with zero attached hydrogens (tertiary/aromatic N) is 1. The first kappa shape index (κ1) is 12.7. The van der Waals surface area contributed by atoms with Gasteiger partial charge < -0.3 is 14.3 Å². The molecule has 0 bridgehead atoms. The smallest absolute Gasteiger partial charge is 0.226 e. The van der Waals surface area contributed by atoms with E-state index in [1.165, 1.54) is 0 Å². The molecule has 0 unspecified atom stereocenters. The minimum Gasteiger partial charge on any atom is -0.467 e. The van der Waals surface area contributed by atoms with E-state index in [0.717, 1.165) is 10.6 Å². The van der Waals surface area contributed by atoms with Gasteiger partial charge in [-0.05, 0) is 23.6 Å². The number of hydrogen-bond acceptors (Lipinski definition) is 5. The number of furan rings is 1. The number of nitrogens with one attached hydrogen (secondary N) is 1. The molecule has 0 radical (unpaired) electrons. The maximum atomic E-state index is 11.8. The van der Waals surface area contributed by atoms with E-state index in [9.17, 15) is 4.79 Å². The van der Waals surface area contributed by atoms with Crippen molar-refractivity contribution in [2.75, 3.05) is 0 Å². The van der Waals surface area contributed by atoms with Gasteiger partial charge in [0.05, 0.1) is 29.8 Å². The van der Waals surface area contributed by atoms with Gasteiger partial charge in [0.25, 0.3) is 0 Å². The fourth-order valence-corrected chi connectivity index (χ4v) is 2.43. The van der Waals surface area contributed by atoms with E-state index < -0.39 is 0 Å². The van der Waals surface area contributed by atoms with Crippen LogP contribution in [-0.2, 0) is 17.8 Å². The monoisotopic (exact) mass is 288 g/mol. The Balaban J connectivity index is 1.56. The van der Waals surface area contributed by atoms with Crippen LogP contribution < -0.4 is 5.32 Å². The van der Waals surface area contributed by atoms with Gasteiger partial charge >= 0.3 is 0 Å². The lowest BCUT2D eigenvalue weighted by Gasteiger charge is -2.00. The average molecular weight is 288 g/mol. The summed E-state index contributed by atoms with van der Waals surface area (Å²) in [6.07, 6.45) is 1.77. The number of amides is 1. The molecule has 0 saturated carbocycles. The number of thiophene rings is 1. The summed E-state index contributed by atoms with van der Waals surface area (Å²) in [5.74, 6) is 1.29. The molecule has 0 aromatic carbocycles. The Morgan fingerprint density at radius 3 is 3.05 bits per heavy atom. The largest absolute Gasteiger partial charge is 0.467 e. The van der Waals surface area contributed by atoms with Crippen molar-refractivity contribution in [2.45, 2.75) is 13.0 Å². The van der Waals surface area contributed by atoms with E-state index in [-0.39, 0.29) is 12.3 Å². The molecular weight excluding hydrogens is 276 g/mol. The number of aromatic nitrogens is 1. The minimum absolute atomic E-state index is 0.118. The van der Waals surface area contributed by atoms with E-state index >= 15 is 0 Å². The van der Waals surface area contributed by atoms with E-state index in [4.69, 9.17) is 8.94 Å². The van der Waals surface area contributed by atoms with Crippen molar-refractivity contribution in [2.24, 2.45) is 0 Å². The number of hydrogen-bond donors (Lipinski definition) is 1. The van der Waals surface area contributed by atoms with Crippen molar-refractivity contribution in [3.63, 3.8) is 0 Å². The van der Waals surface area contributed by atoms with Gasteiger partial charge in [-0.3, -0.25) is 4.79 Å². The molecule has 102 valence electrons. The van der Waals surface area contributed by atoms with Gasteiger partial charge in [-0.25, -0.2) is 0 Å². The summed E-state index contributed by atoms with van der Waals surface area (Å²) in [7, 11) is 0. The molecule has 0 spiro atoms. The van der Waals surface area contributed by atoms with Crippen LogP contribution in [0, 0.1) is 0 Å². The maximum absolute atomic E-state index is 11.8. The highest BCUT2D eigenvalue weighted by atomic mass is 32.1. The predicted molar refractivity (Wildman–Crippen MR) is 74.1 cm³/mol. The second-order valence-electron chi connectivity index (χ2n) is 4.19. The van der Waals surface area contributed by atoms with Crippen molar-refractivity contribution in [1.29, 1.82) is 0 Å². The van der Waals surface area contributed by atoms with Gasteiger partial charge in [0.1, 0.15) is 5.76 Å². The quantitative estimate of drug-likeness (QED) is 0.784. The minimum atomic E-state index is -0.118. The summed E-state index contributed by atoms with van der Waals surface area (Å²) in [4.78, 5) is 12.8. The van der Waals surface area contributed by atoms with Crippen molar-refractivity contribution < 1.29 is 13.7 Å². The lowest BCUT2D eigenvalue weighted by Crippen LogP contribution is -2.24. The lowest BCUT2D eigenvalue weighted by molar-refractivity contribution is -0.120. The molecule has 3 aromatic rings. The fraction of sp³-hybridized carbons (Fsp3) is 0.143. The van der Waals surface area contributed by atoms with Gasteiger partial charge in [0.15, 0.2) is 5.76 Å². The molecule has 20 heavy (non-hydrogen) atoms. The summed E-state index contributed by atoms with van der Waals surface area (Å²) < 4.78 is 10.4. The molecule has 1 amide bonds. The molecule has 1 N–H and O–H groups in total. The maximum Gasteiger partial charge on any atom is 0.226 e. The van der Waals surface area contributed by atoms with E-state index in [0.29, 0.717) is 18.0 Å². The standard InChI is InChI=1S/C14H12N2O3S/c17-14(15-9-11-3-1-5-18-11)8-10-7-12(19-16-10)13-4-2-6-20-13/h1-7H,8-9H2,(H,15,17). The molecule has 0 atom stereocenters. The summed E-state index contributed by atoms with van der Waals surface area (Å²) >= 11 is 1.57. The number of carbonyl (C=O) groups excluding carboxylic acids is 1. The van der Waals surface area contributed by atoms with Crippen LogP contribution in [0.2, 0.25) is 0 Å². The Labute approximate surface area is 119 Å². The topological polar surface area (TPSA) is 68.3 Å². The molecule has 5 nitrogen and oxygen atoms in total. The van der Waals surface area contributed by atoms with Gasteiger partial charge in [-0.2, -0.15) is 0 Å². The Hall–Kier alpha value is -2.34. The zero-order valence-electron chi connectivity index (χ0n) is 10.5. The van der Waals surface area contributed by atoms with Crippen LogP contribution in [0.3, 0.4) is 0 Å². The van der Waals surface area contributed by atoms with Gasteiger partial charge in [0, 0.05) is 6.07 Å². The van der Waals surface area contributed by atoms with Crippen LogP contribution in [-0.4, -0.2) is 11.1 Å². The van der Waals surface area contributed by atoms with Gasteiger partial charge in [-0.1, -0.05) is 11.2 Å². The van der Waals surface area contributed by atoms with Crippen LogP contribution in [0.25, 0.3) is 10.6 Å². The highest BCUT2D eigenvalue weighted by molar-refractivity contribution is 7.13. The Bertz CT molecular complexity index is 671. The third-order valence-corrected chi connectivity index (χ3v) is 3.59. The summed E-state index contributed by atoms with van der Waals surface area (Å²) in [5.41, 5.74) is 0.616. The van der Waals surface area contributed by atoms with E-state index in [1.54, 1.807) is 29.7 Å². The first-order valence-corrected chi connectivity index (χ1v) is 6.98. The third-order valence-electron chi connectivity index (χ3n) is 2.70. The fourth-order valence-electron chi connectivity index (χ4n) is 1.76. The summed E-state index contributed by atoms with van der Waals surface area (Å²) in [6.45, 7) is 0.376. The normalized spacial score (nSPS) is 10.6. The van der Waals surface area contributed by atoms with Crippen LogP contribution in [0.1, 0.15) is 11.5 Å². The highest BCUT2D eigenvalue weighted by Gasteiger charge is 2.11. The van der Waals surface area contributed by atoms with Crippen molar-refractivity contribution >= 4 is 17.2 Å². The van der Waals surface area contributed by atoms with Crippen molar-refractivity contribution in [3.8, 4) is 10.6 Å². The number of carbonyl (C=O) groups is 1. The van der Waals surface area contributed by atoms with E-state index in [2.05, 4.69) is 10.5 Å². The molecule has 0 aliphatic heterocycles. The average Bonchev–Trinajstić information content (AvgIpc) is 3.18. The van der Waals surface area contributed by atoms with Crippen LogP contribution in [0.4, 0.5) is 0 Å². The third kappa shape index (κ3) is 2.97. The molecular formula is C14H12N2O3S. The first-order chi connectivity index (χ1) is 9.81. The molecule has 3 aromatic heterocycles. The molecule has 0 saturated heterocycles. The van der Waals surface area contributed by atoms with Crippen molar-refractivity contribution in [1.82, 2.24) is 10.5 Å². The molecule has 3 rings (SSSR count). The predicted octanol–water partition coefficient (Wildman–Crippen LogP) is 2.86. The van der Waals surface area contributed by atoms with Gasteiger partial charge in [-0.15, -0.1) is 11.3 Å². The summed E-state index contributed by atoms with van der Waals surface area (Å²) in [5, 5.41) is 8.64. The van der Waals surface area contributed by atoms with Crippen LogP contribution in [0.5, 0.6) is 0 Å². The molecule has 0 aliphatic carbocycles. The SMILES string of the molecule is O=C(Cc1cc(-c2cccs2)on1)NCc1ccco1. The zero-order chi connectivity index (χ0) is 13.8. The Morgan fingerprint density at radius 2 is 2.30 bits per heavy atom. The highest BCUT2D eigenvalue weighted by Crippen LogP contribution is 2.25. The summed E-state index contributed by atoms with van der Waals surface area (Å²) in [6, 6.07) is 9.28. The zero-order valence-corrected chi connectivity index (χ0v) is 11.4. The van der Waals surface area contributed by atoms with E-state index in [1.807, 2.05) is 23.6 Å². The first-order valence-electron chi connectivity index (χ1n) is 6.10. The Morgan fingerprint density at radius 1 is 1.35 bits per heavy atom. The lowest BCUT2D eigenvalue weighted by atomic mass is 10.2. The number of rotatable bonds is 5. The second kappa shape index (κ2) is 5.75. The molecule has 6 heteroatoms. The van der Waals surface area contributed by atoms with Crippen LogP contribution >= 0.6 is 11.3 Å². The van der Waals surface area contributed by atoms with Gasteiger partial charge in [0.2, 0.25) is 5.91 Å². The Kier molecular flexibility index (Phi) is 3.64. The molecule has 0 fully saturated rings. The van der Waals surface area contributed by atoms with Crippen LogP contribution in [0.15, 0.2) is 50.9 Å². The van der Waals surface area contributed by atoms with Crippen molar-refractivity contribution in [3.05, 3.63) is 53.4 Å².